The Balaban J connectivity index is 2.23. The normalized spacial score (nSPS) is 22.9. The Kier molecular flexibility index (Phi) is 2.89. The number of fused-ring (bicyclic) bond motifs is 1. The van der Waals surface area contributed by atoms with E-state index in [-0.39, 0.29) is 9.90 Å². The highest BCUT2D eigenvalue weighted by Gasteiger charge is 2.50. The molecule has 0 saturated heterocycles. The summed E-state index contributed by atoms with van der Waals surface area (Å²) in [5, 5.41) is 0. The lowest BCUT2D eigenvalue weighted by molar-refractivity contribution is -0.115. The second-order valence-electron chi connectivity index (χ2n) is 6.35. The molecular formula is C19H20NO+. The maximum Gasteiger partial charge on any atom is 0.311 e. The van der Waals surface area contributed by atoms with Gasteiger partial charge in [-0.15, -0.1) is 0 Å². The first-order valence-electron chi connectivity index (χ1n) is 7.14. The van der Waals surface area contributed by atoms with Gasteiger partial charge in [0.15, 0.2) is 0 Å². The van der Waals surface area contributed by atoms with Gasteiger partial charge in [0, 0.05) is 11.6 Å². The van der Waals surface area contributed by atoms with Crippen molar-refractivity contribution in [2.75, 3.05) is 7.05 Å². The maximum absolute atomic E-state index is 11.7. The number of likely N-dealkylation sites (N-methyl/N-ethyl adjacent to an activating group) is 1. The molecule has 1 heterocycles. The number of nitrogens with zero attached hydrogens (tertiary/aromatic N) is 1. The number of rotatable bonds is 2. The minimum absolute atomic E-state index is 0.164. The van der Waals surface area contributed by atoms with Gasteiger partial charge in [-0.05, 0) is 43.7 Å². The summed E-state index contributed by atoms with van der Waals surface area (Å²) in [4.78, 5) is 11.7. The van der Waals surface area contributed by atoms with Crippen LogP contribution in [0.25, 0.3) is 11.1 Å². The monoisotopic (exact) mass is 278 g/mol. The lowest BCUT2D eigenvalue weighted by Gasteiger charge is -2.25. The molecule has 0 spiro atoms. The van der Waals surface area contributed by atoms with Crippen molar-refractivity contribution in [2.45, 2.75) is 19.3 Å². The predicted molar refractivity (Wildman–Crippen MR) is 87.8 cm³/mol. The van der Waals surface area contributed by atoms with Crippen LogP contribution < -0.4 is 4.48 Å². The summed E-state index contributed by atoms with van der Waals surface area (Å²) >= 11 is 0. The van der Waals surface area contributed by atoms with E-state index in [4.69, 9.17) is 0 Å². The summed E-state index contributed by atoms with van der Waals surface area (Å²) in [5.41, 5.74) is 5.28. The van der Waals surface area contributed by atoms with Gasteiger partial charge in [-0.3, -0.25) is 0 Å². The molecule has 0 bridgehead atoms. The Hall–Kier alpha value is -2.19. The molecule has 1 amide bonds. The Labute approximate surface area is 125 Å². The number of carbonyl (C=O) groups is 1. The van der Waals surface area contributed by atoms with Crippen LogP contribution in [0.5, 0.6) is 0 Å². The van der Waals surface area contributed by atoms with Crippen molar-refractivity contribution in [2.24, 2.45) is 0 Å². The van der Waals surface area contributed by atoms with Crippen molar-refractivity contribution >= 4 is 12.1 Å². The molecule has 2 aromatic rings. The number of hydrogen-bond acceptors (Lipinski definition) is 1. The molecule has 0 fully saturated rings. The minimum atomic E-state index is -0.213. The van der Waals surface area contributed by atoms with Crippen LogP contribution in [0, 0.1) is 0 Å². The molecule has 1 unspecified atom stereocenters. The minimum Gasteiger partial charge on any atom is -0.233 e. The molecule has 1 atom stereocenters. The quantitative estimate of drug-likeness (QED) is 0.593. The second-order valence-corrected chi connectivity index (χ2v) is 6.35. The molecule has 3 rings (SSSR count). The van der Waals surface area contributed by atoms with Crippen LogP contribution in [0.4, 0.5) is 5.69 Å². The van der Waals surface area contributed by atoms with Gasteiger partial charge in [0.1, 0.15) is 11.4 Å². The molecular weight excluding hydrogens is 258 g/mol. The molecule has 0 radical (unpaired) electrons. The summed E-state index contributed by atoms with van der Waals surface area (Å²) < 4.78 is 0.164. The van der Waals surface area contributed by atoms with E-state index in [1.165, 1.54) is 16.7 Å². The smallest absolute Gasteiger partial charge is 0.233 e. The Bertz CT molecular complexity index is 730. The lowest BCUT2D eigenvalue weighted by atomic mass is 9.83. The maximum atomic E-state index is 11.7. The van der Waals surface area contributed by atoms with E-state index in [2.05, 4.69) is 50.8 Å². The average molecular weight is 278 g/mol. The zero-order valence-electron chi connectivity index (χ0n) is 12.8. The van der Waals surface area contributed by atoms with E-state index in [1.54, 1.807) is 0 Å². The third-order valence-electron chi connectivity index (χ3n) is 4.77. The van der Waals surface area contributed by atoms with E-state index in [0.717, 1.165) is 17.8 Å². The highest BCUT2D eigenvalue weighted by Crippen LogP contribution is 2.50. The van der Waals surface area contributed by atoms with Crippen molar-refractivity contribution in [3.05, 3.63) is 66.4 Å². The van der Waals surface area contributed by atoms with Crippen LogP contribution in [0.15, 0.2) is 60.8 Å². The standard InChI is InChI=1S/C19H20NO/c1-14-19(2,3)17-12-16(15-8-6-5-7-9-15)10-11-18(17)20(14,4)13-21/h5-13H,1H2,2-4H3/q+1. The van der Waals surface area contributed by atoms with Crippen molar-refractivity contribution in [1.82, 2.24) is 4.48 Å². The lowest BCUT2D eigenvalue weighted by Crippen LogP contribution is -2.42. The van der Waals surface area contributed by atoms with Crippen LogP contribution in [0.1, 0.15) is 19.4 Å². The summed E-state index contributed by atoms with van der Waals surface area (Å²) in [6.07, 6.45) is 0.970. The Morgan fingerprint density at radius 2 is 1.71 bits per heavy atom. The fraction of sp³-hybridized carbons (Fsp3) is 0.211. The van der Waals surface area contributed by atoms with Crippen molar-refractivity contribution < 1.29 is 4.79 Å². The predicted octanol–water partition coefficient (Wildman–Crippen LogP) is 4.25. The van der Waals surface area contributed by atoms with Gasteiger partial charge in [-0.25, -0.2) is 9.28 Å². The van der Waals surface area contributed by atoms with E-state index < -0.39 is 0 Å². The molecule has 21 heavy (non-hydrogen) atoms. The summed E-state index contributed by atoms with van der Waals surface area (Å²) in [6, 6.07) is 16.6. The van der Waals surface area contributed by atoms with Gasteiger partial charge in [0.25, 0.3) is 0 Å². The molecule has 0 N–H and O–H groups in total. The van der Waals surface area contributed by atoms with E-state index in [9.17, 15) is 4.79 Å². The fourth-order valence-corrected chi connectivity index (χ4v) is 3.25. The molecule has 0 saturated carbocycles. The highest BCUT2D eigenvalue weighted by molar-refractivity contribution is 5.83. The molecule has 0 aromatic heterocycles. The first kappa shape index (κ1) is 13.8. The number of hydrogen-bond donors (Lipinski definition) is 0. The molecule has 106 valence electrons. The van der Waals surface area contributed by atoms with E-state index in [1.807, 2.05) is 25.2 Å². The largest absolute Gasteiger partial charge is 0.311 e. The summed E-state index contributed by atoms with van der Waals surface area (Å²) in [5.74, 6) is 0. The van der Waals surface area contributed by atoms with Crippen LogP contribution in [-0.2, 0) is 10.2 Å². The van der Waals surface area contributed by atoms with Gasteiger partial charge < -0.3 is 0 Å². The zero-order valence-corrected chi connectivity index (χ0v) is 12.8. The van der Waals surface area contributed by atoms with Gasteiger partial charge in [0.05, 0.1) is 12.5 Å². The van der Waals surface area contributed by atoms with Crippen molar-refractivity contribution in [3.63, 3.8) is 0 Å². The summed E-state index contributed by atoms with van der Waals surface area (Å²) in [6.45, 7) is 8.46. The van der Waals surface area contributed by atoms with Crippen LogP contribution >= 0.6 is 0 Å². The first-order chi connectivity index (χ1) is 9.91. The molecule has 0 aliphatic carbocycles. The topological polar surface area (TPSA) is 17.1 Å². The molecule has 1 aliphatic rings. The fourth-order valence-electron chi connectivity index (χ4n) is 3.25. The highest BCUT2D eigenvalue weighted by atomic mass is 16.1. The van der Waals surface area contributed by atoms with Gasteiger partial charge in [-0.2, -0.15) is 0 Å². The van der Waals surface area contributed by atoms with Gasteiger partial charge >= 0.3 is 6.41 Å². The number of quaternary nitrogens is 1. The third kappa shape index (κ3) is 1.79. The van der Waals surface area contributed by atoms with Crippen LogP contribution in [0.3, 0.4) is 0 Å². The van der Waals surface area contributed by atoms with Crippen molar-refractivity contribution in [1.29, 1.82) is 0 Å². The zero-order chi connectivity index (χ0) is 15.3. The number of amides is 1. The summed E-state index contributed by atoms with van der Waals surface area (Å²) in [7, 11) is 1.91. The Morgan fingerprint density at radius 3 is 2.33 bits per heavy atom. The first-order valence-corrected chi connectivity index (χ1v) is 7.14. The van der Waals surface area contributed by atoms with Gasteiger partial charge in [-0.1, -0.05) is 30.3 Å². The molecule has 2 aromatic carbocycles. The van der Waals surface area contributed by atoms with E-state index in [0.29, 0.717) is 0 Å². The number of carbonyl (C=O) groups excluding carboxylic acids is 1. The number of benzene rings is 2. The molecule has 2 nitrogen and oxygen atoms in total. The van der Waals surface area contributed by atoms with Crippen LogP contribution in [0.2, 0.25) is 0 Å². The Morgan fingerprint density at radius 1 is 1.05 bits per heavy atom. The van der Waals surface area contributed by atoms with Crippen LogP contribution in [-0.4, -0.2) is 13.5 Å². The SMILES string of the molecule is C=C1C(C)(C)c2cc(-c3ccccc3)ccc2[N+]1(C)C=O. The second kappa shape index (κ2) is 4.40. The van der Waals surface area contributed by atoms with Crippen molar-refractivity contribution in [3.8, 4) is 11.1 Å². The third-order valence-corrected chi connectivity index (χ3v) is 4.77. The molecule has 2 heteroatoms. The van der Waals surface area contributed by atoms with Gasteiger partial charge in [0.2, 0.25) is 0 Å². The average Bonchev–Trinajstić information content (AvgIpc) is 2.67. The number of allylic oxidation sites excluding steroid dienone is 1. The molecule has 1 aliphatic heterocycles. The van der Waals surface area contributed by atoms with E-state index >= 15 is 0 Å².